The van der Waals surface area contributed by atoms with Crippen molar-refractivity contribution in [3.63, 3.8) is 0 Å². The Hall–Kier alpha value is -3.27. The summed E-state index contributed by atoms with van der Waals surface area (Å²) in [7, 11) is 3.66. The number of ether oxygens (including phenoxy) is 1. The number of hydrogen-bond donors (Lipinski definition) is 1. The van der Waals surface area contributed by atoms with E-state index >= 15 is 0 Å². The summed E-state index contributed by atoms with van der Waals surface area (Å²) in [5.74, 6) is 0.0273. The van der Waals surface area contributed by atoms with Gasteiger partial charge in [-0.2, -0.15) is 15.8 Å². The molecule has 2 heterocycles. The molecule has 3 aliphatic rings. The molecule has 1 aliphatic carbocycles. The van der Waals surface area contributed by atoms with Crippen LogP contribution in [0.1, 0.15) is 24.3 Å². The number of methoxy groups -OCH3 is 1. The van der Waals surface area contributed by atoms with Crippen molar-refractivity contribution < 1.29 is 4.74 Å². The molecule has 2 aliphatic heterocycles. The highest BCUT2D eigenvalue weighted by Crippen LogP contribution is 2.58. The van der Waals surface area contributed by atoms with Crippen molar-refractivity contribution in [1.29, 1.82) is 15.8 Å². The van der Waals surface area contributed by atoms with E-state index in [0.717, 1.165) is 24.0 Å². The smallest absolute Gasteiger partial charge is 0.191 e. The van der Waals surface area contributed by atoms with Crippen LogP contribution in [0.2, 0.25) is 0 Å². The van der Waals surface area contributed by atoms with Gasteiger partial charge < -0.3 is 10.5 Å². The summed E-state index contributed by atoms with van der Waals surface area (Å²) in [5, 5.41) is 30.1. The van der Waals surface area contributed by atoms with Crippen molar-refractivity contribution in [3.05, 3.63) is 52.7 Å². The Morgan fingerprint density at radius 2 is 1.96 bits per heavy atom. The van der Waals surface area contributed by atoms with Crippen molar-refractivity contribution in [2.75, 3.05) is 14.2 Å². The van der Waals surface area contributed by atoms with Crippen LogP contribution in [0.5, 0.6) is 5.75 Å². The summed E-state index contributed by atoms with van der Waals surface area (Å²) in [6.45, 7) is 0. The van der Waals surface area contributed by atoms with E-state index < -0.39 is 11.3 Å². The van der Waals surface area contributed by atoms with Gasteiger partial charge in [0.15, 0.2) is 5.41 Å². The molecule has 0 saturated carbocycles. The predicted molar refractivity (Wildman–Crippen MR) is 102 cm³/mol. The molecule has 1 saturated heterocycles. The van der Waals surface area contributed by atoms with E-state index in [4.69, 9.17) is 10.5 Å². The minimum atomic E-state index is -1.60. The minimum Gasteiger partial charge on any atom is -0.497 e. The number of rotatable bonds is 2. The van der Waals surface area contributed by atoms with Gasteiger partial charge in [-0.25, -0.2) is 0 Å². The van der Waals surface area contributed by atoms with E-state index in [1.165, 1.54) is 0 Å². The fourth-order valence-electron chi connectivity index (χ4n) is 5.30. The average Bonchev–Trinajstić information content (AvgIpc) is 2.96. The Morgan fingerprint density at radius 1 is 1.21 bits per heavy atom. The van der Waals surface area contributed by atoms with Crippen molar-refractivity contribution in [3.8, 4) is 24.0 Å². The minimum absolute atomic E-state index is 0.0688. The maximum atomic E-state index is 10.1. The maximum absolute atomic E-state index is 10.1. The van der Waals surface area contributed by atoms with Crippen molar-refractivity contribution in [1.82, 2.24) is 4.90 Å². The first-order chi connectivity index (χ1) is 13.5. The van der Waals surface area contributed by atoms with Gasteiger partial charge in [-0.05, 0) is 43.2 Å². The van der Waals surface area contributed by atoms with E-state index in [1.807, 2.05) is 24.3 Å². The third-order valence-corrected chi connectivity index (χ3v) is 6.68. The fourth-order valence-corrected chi connectivity index (χ4v) is 5.30. The average molecular weight is 371 g/mol. The van der Waals surface area contributed by atoms with Gasteiger partial charge in [0.2, 0.25) is 0 Å². The van der Waals surface area contributed by atoms with Gasteiger partial charge in [-0.15, -0.1) is 0 Å². The standard InChI is InChI=1S/C22H21N5O/c1-27-14-6-7-18(27)19-16(9-14)17(10-23)21(26)22(11-24,12-25)20(19)13-4-3-5-15(8-13)28-2/h3-5,8-9,14,18-20H,6-7,26H2,1-2H3/t14?,18-,19+,20-/m0/s1. The Bertz CT molecular complexity index is 1000. The summed E-state index contributed by atoms with van der Waals surface area (Å²) in [4.78, 5) is 2.30. The third-order valence-electron chi connectivity index (χ3n) is 6.68. The van der Waals surface area contributed by atoms with E-state index in [-0.39, 0.29) is 23.7 Å². The Kier molecular flexibility index (Phi) is 4.15. The fraction of sp³-hybridized carbons (Fsp3) is 0.409. The van der Waals surface area contributed by atoms with Crippen LogP contribution in [0.15, 0.2) is 47.2 Å². The highest BCUT2D eigenvalue weighted by molar-refractivity contribution is 5.60. The van der Waals surface area contributed by atoms with Crippen LogP contribution >= 0.6 is 0 Å². The van der Waals surface area contributed by atoms with Crippen LogP contribution in [-0.4, -0.2) is 31.1 Å². The second kappa shape index (κ2) is 6.41. The lowest BCUT2D eigenvalue weighted by Gasteiger charge is -2.48. The van der Waals surface area contributed by atoms with Crippen molar-refractivity contribution >= 4 is 0 Å². The summed E-state index contributed by atoms with van der Waals surface area (Å²) in [5.41, 5.74) is 6.86. The zero-order chi connectivity index (χ0) is 20.1. The monoisotopic (exact) mass is 371 g/mol. The van der Waals surface area contributed by atoms with Crippen LogP contribution in [-0.2, 0) is 0 Å². The highest BCUT2D eigenvalue weighted by atomic mass is 16.5. The molecule has 1 aromatic carbocycles. The first kappa shape index (κ1) is 18.1. The largest absolute Gasteiger partial charge is 0.497 e. The van der Waals surface area contributed by atoms with Crippen LogP contribution in [0.25, 0.3) is 0 Å². The molecule has 2 bridgehead atoms. The molecule has 1 fully saturated rings. The lowest BCUT2D eigenvalue weighted by atomic mass is 9.56. The maximum Gasteiger partial charge on any atom is 0.191 e. The van der Waals surface area contributed by atoms with Gasteiger partial charge in [-0.1, -0.05) is 18.2 Å². The molecule has 28 heavy (non-hydrogen) atoms. The Balaban J connectivity index is 2.04. The molecular weight excluding hydrogens is 350 g/mol. The number of nitriles is 3. The van der Waals surface area contributed by atoms with Crippen LogP contribution in [0, 0.1) is 45.3 Å². The number of likely N-dealkylation sites (N-methyl/N-ethyl adjacent to an activating group) is 1. The van der Waals surface area contributed by atoms with Gasteiger partial charge in [0.25, 0.3) is 0 Å². The zero-order valence-electron chi connectivity index (χ0n) is 15.9. The third kappa shape index (κ3) is 2.21. The lowest BCUT2D eigenvalue weighted by Crippen LogP contribution is -2.51. The molecule has 0 spiro atoms. The number of benzene rings is 1. The topological polar surface area (TPSA) is 110 Å². The van der Waals surface area contributed by atoms with Gasteiger partial charge in [0, 0.05) is 23.9 Å². The summed E-state index contributed by atoms with van der Waals surface area (Å²) >= 11 is 0. The first-order valence-corrected chi connectivity index (χ1v) is 9.33. The number of allylic oxidation sites excluding steroid dienone is 2. The summed E-state index contributed by atoms with van der Waals surface area (Å²) < 4.78 is 5.38. The zero-order valence-corrected chi connectivity index (χ0v) is 15.9. The Labute approximate surface area is 164 Å². The van der Waals surface area contributed by atoms with Gasteiger partial charge >= 0.3 is 0 Å². The van der Waals surface area contributed by atoms with E-state index in [9.17, 15) is 15.8 Å². The SMILES string of the molecule is COc1cccc([C@H]2[C@@H]3C(=CC4CC[C@@H]3N4C)C(C#N)=C(N)C2(C#N)C#N)c1. The number of nitrogens with two attached hydrogens (primary N) is 1. The molecule has 6 heteroatoms. The molecule has 0 radical (unpaired) electrons. The van der Waals surface area contributed by atoms with Gasteiger partial charge in [-0.3, -0.25) is 4.90 Å². The molecule has 1 aromatic rings. The number of nitrogens with zero attached hydrogens (tertiary/aromatic N) is 4. The quantitative estimate of drug-likeness (QED) is 0.855. The highest BCUT2D eigenvalue weighted by Gasteiger charge is 2.58. The van der Waals surface area contributed by atoms with E-state index in [2.05, 4.69) is 36.2 Å². The lowest BCUT2D eigenvalue weighted by molar-refractivity contribution is 0.160. The molecule has 0 aromatic heterocycles. The van der Waals surface area contributed by atoms with Crippen molar-refractivity contribution in [2.45, 2.75) is 30.8 Å². The summed E-state index contributed by atoms with van der Waals surface area (Å²) in [6.07, 6.45) is 4.07. The Morgan fingerprint density at radius 3 is 2.61 bits per heavy atom. The molecule has 0 amide bonds. The molecule has 2 N–H and O–H groups in total. The first-order valence-electron chi connectivity index (χ1n) is 9.33. The molecular formula is C22H21N5O. The molecule has 1 unspecified atom stereocenters. The second-order valence-corrected chi connectivity index (χ2v) is 7.71. The van der Waals surface area contributed by atoms with E-state index in [1.54, 1.807) is 7.11 Å². The van der Waals surface area contributed by atoms with Gasteiger partial charge in [0.1, 0.15) is 11.8 Å². The number of fused-ring (bicyclic) bond motifs is 4. The molecule has 4 atom stereocenters. The normalized spacial score (nSPS) is 30.5. The van der Waals surface area contributed by atoms with Crippen LogP contribution < -0.4 is 10.5 Å². The second-order valence-electron chi connectivity index (χ2n) is 7.71. The van der Waals surface area contributed by atoms with Crippen LogP contribution in [0.4, 0.5) is 0 Å². The summed E-state index contributed by atoms with van der Waals surface area (Å²) in [6, 6.07) is 14.5. The van der Waals surface area contributed by atoms with E-state index in [0.29, 0.717) is 11.3 Å². The molecule has 4 rings (SSSR count). The number of hydrogen-bond acceptors (Lipinski definition) is 6. The molecule has 6 nitrogen and oxygen atoms in total. The van der Waals surface area contributed by atoms with Crippen molar-refractivity contribution in [2.24, 2.45) is 17.1 Å². The van der Waals surface area contributed by atoms with Gasteiger partial charge in [0.05, 0.1) is 30.5 Å². The molecule has 140 valence electrons. The predicted octanol–water partition coefficient (Wildman–Crippen LogP) is 2.58. The van der Waals surface area contributed by atoms with Crippen LogP contribution in [0.3, 0.4) is 0 Å².